The summed E-state index contributed by atoms with van der Waals surface area (Å²) in [6.07, 6.45) is 11.6. The average Bonchev–Trinajstić information content (AvgIpc) is 2.44. The van der Waals surface area contributed by atoms with Crippen LogP contribution in [-0.4, -0.2) is 11.2 Å². The summed E-state index contributed by atoms with van der Waals surface area (Å²) in [5.74, 6) is 2.72. The molecule has 1 N–H and O–H groups in total. The van der Waals surface area contributed by atoms with E-state index in [0.717, 1.165) is 5.92 Å². The van der Waals surface area contributed by atoms with E-state index in [0.29, 0.717) is 17.8 Å². The van der Waals surface area contributed by atoms with Crippen molar-refractivity contribution in [1.82, 2.24) is 0 Å². The maximum atomic E-state index is 10.7. The zero-order chi connectivity index (χ0) is 14.3. The van der Waals surface area contributed by atoms with Crippen LogP contribution in [0.15, 0.2) is 0 Å². The van der Waals surface area contributed by atoms with Crippen molar-refractivity contribution < 1.29 is 5.11 Å². The van der Waals surface area contributed by atoms with Crippen molar-refractivity contribution in [2.24, 2.45) is 23.7 Å². The molecule has 0 aromatic rings. The molecule has 0 bridgehead atoms. The van der Waals surface area contributed by atoms with Crippen LogP contribution < -0.4 is 0 Å². The van der Waals surface area contributed by atoms with Crippen molar-refractivity contribution in [3.8, 4) is 0 Å². The van der Waals surface area contributed by atoms with E-state index in [1.54, 1.807) is 0 Å². The molecule has 1 aliphatic rings. The van der Waals surface area contributed by atoms with Crippen LogP contribution in [0.4, 0.5) is 0 Å². The summed E-state index contributed by atoms with van der Waals surface area (Å²) in [7, 11) is 0. The smallest absolute Gasteiger partial charge is 0.0596 e. The Kier molecular flexibility index (Phi) is 8.06. The molecule has 1 aliphatic carbocycles. The van der Waals surface area contributed by atoms with Crippen LogP contribution in [0.25, 0.3) is 0 Å². The van der Waals surface area contributed by atoms with Gasteiger partial charge in [0.1, 0.15) is 0 Å². The summed E-state index contributed by atoms with van der Waals surface area (Å²) < 4.78 is 0. The predicted molar refractivity (Wildman–Crippen MR) is 84.2 cm³/mol. The Bertz CT molecular complexity index is 218. The van der Waals surface area contributed by atoms with Gasteiger partial charge in [0.15, 0.2) is 0 Å². The molecule has 114 valence electrons. The van der Waals surface area contributed by atoms with Crippen molar-refractivity contribution in [3.05, 3.63) is 0 Å². The number of hydrogen-bond acceptors (Lipinski definition) is 1. The van der Waals surface area contributed by atoms with Gasteiger partial charge in [-0.1, -0.05) is 72.6 Å². The average molecular weight is 268 g/mol. The number of aliphatic hydroxyl groups is 1. The lowest BCUT2D eigenvalue weighted by Crippen LogP contribution is -2.34. The fraction of sp³-hybridized carbons (Fsp3) is 1.00. The molecule has 0 amide bonds. The molecule has 1 rings (SSSR count). The van der Waals surface area contributed by atoms with E-state index in [2.05, 4.69) is 27.7 Å². The van der Waals surface area contributed by atoms with Crippen molar-refractivity contribution in [1.29, 1.82) is 0 Å². The van der Waals surface area contributed by atoms with Crippen molar-refractivity contribution in [2.45, 2.75) is 91.6 Å². The van der Waals surface area contributed by atoms with Crippen LogP contribution in [0.3, 0.4) is 0 Å². The summed E-state index contributed by atoms with van der Waals surface area (Å²) in [4.78, 5) is 0. The first-order chi connectivity index (χ1) is 9.13. The van der Waals surface area contributed by atoms with Crippen molar-refractivity contribution >= 4 is 0 Å². The van der Waals surface area contributed by atoms with Gasteiger partial charge >= 0.3 is 0 Å². The summed E-state index contributed by atoms with van der Waals surface area (Å²) >= 11 is 0. The minimum atomic E-state index is -0.0564. The molecule has 1 heteroatoms. The third-order valence-corrected chi connectivity index (χ3v) is 5.54. The molecular formula is C18H36O. The largest absolute Gasteiger partial charge is 0.393 e. The van der Waals surface area contributed by atoms with Gasteiger partial charge in [-0.2, -0.15) is 0 Å². The standard InChI is InChI=1S/C18H36O/c1-5-8-15-10-12-17(13-11-15)18(19)14(4)16(7-3)9-6-2/h14-19H,5-13H2,1-4H3. The first kappa shape index (κ1) is 17.0. The molecule has 0 aromatic carbocycles. The highest BCUT2D eigenvalue weighted by Crippen LogP contribution is 2.37. The number of rotatable bonds is 8. The topological polar surface area (TPSA) is 20.2 Å². The minimum Gasteiger partial charge on any atom is -0.393 e. The van der Waals surface area contributed by atoms with Gasteiger partial charge in [-0.15, -0.1) is 0 Å². The summed E-state index contributed by atoms with van der Waals surface area (Å²) in [5.41, 5.74) is 0. The molecule has 3 unspecified atom stereocenters. The van der Waals surface area contributed by atoms with Gasteiger partial charge in [0, 0.05) is 0 Å². The minimum absolute atomic E-state index is 0.0564. The summed E-state index contributed by atoms with van der Waals surface area (Å²) in [6, 6.07) is 0. The van der Waals surface area contributed by atoms with Crippen LogP contribution >= 0.6 is 0 Å². The quantitative estimate of drug-likeness (QED) is 0.623. The maximum absolute atomic E-state index is 10.7. The van der Waals surface area contributed by atoms with E-state index >= 15 is 0 Å². The van der Waals surface area contributed by atoms with E-state index in [9.17, 15) is 5.11 Å². The fourth-order valence-electron chi connectivity index (χ4n) is 4.14. The zero-order valence-electron chi connectivity index (χ0n) is 13.7. The first-order valence-corrected chi connectivity index (χ1v) is 8.81. The Labute approximate surface area is 121 Å². The zero-order valence-corrected chi connectivity index (χ0v) is 13.7. The summed E-state index contributed by atoms with van der Waals surface area (Å²) in [6.45, 7) is 9.12. The van der Waals surface area contributed by atoms with Crippen molar-refractivity contribution in [3.63, 3.8) is 0 Å². The van der Waals surface area contributed by atoms with Crippen LogP contribution in [-0.2, 0) is 0 Å². The predicted octanol–water partition coefficient (Wildman–Crippen LogP) is 5.42. The third-order valence-electron chi connectivity index (χ3n) is 5.54. The molecule has 0 aliphatic heterocycles. The van der Waals surface area contributed by atoms with E-state index in [-0.39, 0.29) is 6.10 Å². The Balaban J connectivity index is 2.42. The number of aliphatic hydroxyl groups excluding tert-OH is 1. The molecule has 1 nitrogen and oxygen atoms in total. The van der Waals surface area contributed by atoms with Gasteiger partial charge in [0.2, 0.25) is 0 Å². The molecule has 0 aromatic heterocycles. The molecule has 1 fully saturated rings. The monoisotopic (exact) mass is 268 g/mol. The second-order valence-electron chi connectivity index (χ2n) is 6.88. The van der Waals surface area contributed by atoms with E-state index in [1.165, 1.54) is 57.8 Å². The highest BCUT2D eigenvalue weighted by molar-refractivity contribution is 4.82. The van der Waals surface area contributed by atoms with E-state index in [4.69, 9.17) is 0 Å². The lowest BCUT2D eigenvalue weighted by Gasteiger charge is -2.36. The molecular weight excluding hydrogens is 232 g/mol. The lowest BCUT2D eigenvalue weighted by molar-refractivity contribution is 0.00715. The van der Waals surface area contributed by atoms with Gasteiger partial charge < -0.3 is 5.11 Å². The first-order valence-electron chi connectivity index (χ1n) is 8.81. The highest BCUT2D eigenvalue weighted by Gasteiger charge is 2.31. The molecule has 0 heterocycles. The SMILES string of the molecule is CCCC1CCC(C(O)C(C)C(CC)CCC)CC1. The molecule has 19 heavy (non-hydrogen) atoms. The highest BCUT2D eigenvalue weighted by atomic mass is 16.3. The molecule has 0 saturated heterocycles. The molecule has 3 atom stereocenters. The Morgan fingerprint density at radius 3 is 2.11 bits per heavy atom. The summed E-state index contributed by atoms with van der Waals surface area (Å²) in [5, 5.41) is 10.7. The van der Waals surface area contributed by atoms with E-state index < -0.39 is 0 Å². The van der Waals surface area contributed by atoms with Gasteiger partial charge in [-0.05, 0) is 36.5 Å². The van der Waals surface area contributed by atoms with Crippen LogP contribution in [0.1, 0.15) is 85.5 Å². The van der Waals surface area contributed by atoms with Gasteiger partial charge in [-0.25, -0.2) is 0 Å². The molecule has 0 spiro atoms. The normalized spacial score (nSPS) is 28.9. The lowest BCUT2D eigenvalue weighted by atomic mass is 9.72. The van der Waals surface area contributed by atoms with Gasteiger partial charge in [-0.3, -0.25) is 0 Å². The Hall–Kier alpha value is -0.0400. The van der Waals surface area contributed by atoms with E-state index in [1.807, 2.05) is 0 Å². The second kappa shape index (κ2) is 9.00. The second-order valence-corrected chi connectivity index (χ2v) is 6.88. The fourth-order valence-corrected chi connectivity index (χ4v) is 4.14. The molecule has 0 radical (unpaired) electrons. The van der Waals surface area contributed by atoms with Crippen LogP contribution in [0.2, 0.25) is 0 Å². The maximum Gasteiger partial charge on any atom is 0.0596 e. The van der Waals surface area contributed by atoms with Gasteiger partial charge in [0.25, 0.3) is 0 Å². The third kappa shape index (κ3) is 5.10. The number of hydrogen-bond donors (Lipinski definition) is 1. The molecule has 1 saturated carbocycles. The van der Waals surface area contributed by atoms with Crippen molar-refractivity contribution in [2.75, 3.05) is 0 Å². The van der Waals surface area contributed by atoms with Crippen LogP contribution in [0.5, 0.6) is 0 Å². The van der Waals surface area contributed by atoms with Gasteiger partial charge in [0.05, 0.1) is 6.10 Å². The van der Waals surface area contributed by atoms with Crippen LogP contribution in [0, 0.1) is 23.7 Å². The Morgan fingerprint density at radius 1 is 1.00 bits per heavy atom. The Morgan fingerprint density at radius 2 is 1.63 bits per heavy atom.